The molecule has 0 spiro atoms. The number of carbonyl (C=O) groups is 1. The lowest BCUT2D eigenvalue weighted by Gasteiger charge is -2.13. The van der Waals surface area contributed by atoms with Crippen molar-refractivity contribution in [1.82, 2.24) is 9.78 Å². The van der Waals surface area contributed by atoms with Crippen molar-refractivity contribution < 1.29 is 4.79 Å². The molecule has 88 valence electrons. The van der Waals surface area contributed by atoms with E-state index in [0.717, 1.165) is 12.0 Å². The van der Waals surface area contributed by atoms with Gasteiger partial charge in [0.05, 0.1) is 0 Å². The van der Waals surface area contributed by atoms with E-state index in [4.69, 9.17) is 0 Å². The Morgan fingerprint density at radius 2 is 2.00 bits per heavy atom. The molecule has 2 aromatic rings. The normalized spacial score (nSPS) is 12.4. The van der Waals surface area contributed by atoms with Crippen LogP contribution in [-0.4, -0.2) is 15.6 Å². The van der Waals surface area contributed by atoms with Crippen LogP contribution in [0, 0.1) is 0 Å². The van der Waals surface area contributed by atoms with Crippen LogP contribution in [-0.2, 0) is 7.05 Å². The minimum absolute atomic E-state index is 0.0772. The van der Waals surface area contributed by atoms with Gasteiger partial charge in [0, 0.05) is 19.2 Å². The van der Waals surface area contributed by atoms with Crippen LogP contribution in [0.25, 0.3) is 0 Å². The van der Waals surface area contributed by atoms with Crippen molar-refractivity contribution in [2.24, 2.45) is 7.05 Å². The molecule has 0 fully saturated rings. The summed E-state index contributed by atoms with van der Waals surface area (Å²) in [6.07, 6.45) is 2.46. The Balaban J connectivity index is 2.32. The third-order valence-electron chi connectivity index (χ3n) is 3.00. The van der Waals surface area contributed by atoms with E-state index in [1.165, 1.54) is 0 Å². The van der Waals surface area contributed by atoms with E-state index >= 15 is 0 Å². The summed E-state index contributed by atoms with van der Waals surface area (Å²) in [5.41, 5.74) is 1.74. The minimum atomic E-state index is -0.0772. The highest BCUT2D eigenvalue weighted by Crippen LogP contribution is 2.23. The molecule has 1 aromatic carbocycles. The summed E-state index contributed by atoms with van der Waals surface area (Å²) in [4.78, 5) is 12.4. The maximum absolute atomic E-state index is 12.4. The molecule has 0 aliphatic carbocycles. The molecule has 3 heteroatoms. The zero-order valence-corrected chi connectivity index (χ0v) is 10.1. The van der Waals surface area contributed by atoms with E-state index in [1.54, 1.807) is 24.0 Å². The lowest BCUT2D eigenvalue weighted by molar-refractivity contribution is 0.0948. The zero-order chi connectivity index (χ0) is 12.3. The predicted molar refractivity (Wildman–Crippen MR) is 67.0 cm³/mol. The first-order chi connectivity index (χ1) is 8.24. The van der Waals surface area contributed by atoms with Crippen LogP contribution in [0.4, 0.5) is 0 Å². The van der Waals surface area contributed by atoms with Gasteiger partial charge in [0.25, 0.3) is 0 Å². The number of hydrogen-bond donors (Lipinski definition) is 0. The number of nitrogens with zero attached hydrogens (tertiary/aromatic N) is 2. The second kappa shape index (κ2) is 4.95. The molecule has 2 rings (SSSR count). The maximum Gasteiger partial charge on any atom is 0.188 e. The Morgan fingerprint density at radius 3 is 2.53 bits per heavy atom. The maximum atomic E-state index is 12.4. The van der Waals surface area contributed by atoms with Crippen molar-refractivity contribution >= 4 is 5.78 Å². The van der Waals surface area contributed by atoms with Crippen LogP contribution in [0.3, 0.4) is 0 Å². The fourth-order valence-electron chi connectivity index (χ4n) is 2.05. The average Bonchev–Trinajstić information content (AvgIpc) is 2.77. The summed E-state index contributed by atoms with van der Waals surface area (Å²) in [6, 6.07) is 11.7. The SMILES string of the molecule is CCC(C(=O)c1ccnn1C)c1ccccc1. The standard InChI is InChI=1S/C14H16N2O/c1-3-12(11-7-5-4-6-8-11)14(17)13-9-10-15-16(13)2/h4-10,12H,3H2,1-2H3. The number of hydrogen-bond acceptors (Lipinski definition) is 2. The van der Waals surface area contributed by atoms with E-state index in [0.29, 0.717) is 5.69 Å². The summed E-state index contributed by atoms with van der Waals surface area (Å²) in [5, 5.41) is 4.04. The van der Waals surface area contributed by atoms with Gasteiger partial charge < -0.3 is 0 Å². The van der Waals surface area contributed by atoms with Crippen LogP contribution in [0.15, 0.2) is 42.6 Å². The lowest BCUT2D eigenvalue weighted by Crippen LogP contribution is -2.15. The van der Waals surface area contributed by atoms with E-state index < -0.39 is 0 Å². The van der Waals surface area contributed by atoms with Gasteiger partial charge in [-0.15, -0.1) is 0 Å². The van der Waals surface area contributed by atoms with E-state index in [-0.39, 0.29) is 11.7 Å². The third kappa shape index (κ3) is 2.28. The Labute approximate surface area is 101 Å². The van der Waals surface area contributed by atoms with Crippen LogP contribution >= 0.6 is 0 Å². The van der Waals surface area contributed by atoms with Crippen molar-refractivity contribution in [2.45, 2.75) is 19.3 Å². The molecule has 0 bridgehead atoms. The van der Waals surface area contributed by atoms with Gasteiger partial charge in [-0.3, -0.25) is 9.48 Å². The summed E-state index contributed by atoms with van der Waals surface area (Å²) in [7, 11) is 1.80. The fourth-order valence-corrected chi connectivity index (χ4v) is 2.05. The molecule has 0 aliphatic rings. The monoisotopic (exact) mass is 228 g/mol. The van der Waals surface area contributed by atoms with Gasteiger partial charge in [0.1, 0.15) is 5.69 Å². The van der Waals surface area contributed by atoms with E-state index in [1.807, 2.05) is 37.3 Å². The Bertz CT molecular complexity index is 502. The minimum Gasteiger partial charge on any atom is -0.292 e. The Morgan fingerprint density at radius 1 is 1.29 bits per heavy atom. The highest BCUT2D eigenvalue weighted by atomic mass is 16.1. The van der Waals surface area contributed by atoms with Gasteiger partial charge in [-0.25, -0.2) is 0 Å². The molecule has 1 heterocycles. The topological polar surface area (TPSA) is 34.9 Å². The first-order valence-electron chi connectivity index (χ1n) is 5.81. The Hall–Kier alpha value is -1.90. The molecular weight excluding hydrogens is 212 g/mol. The third-order valence-corrected chi connectivity index (χ3v) is 3.00. The van der Waals surface area contributed by atoms with Gasteiger partial charge in [0.2, 0.25) is 0 Å². The second-order valence-electron chi connectivity index (χ2n) is 4.08. The molecule has 0 aliphatic heterocycles. The molecule has 0 saturated heterocycles. The summed E-state index contributed by atoms with van der Waals surface area (Å²) in [6.45, 7) is 2.03. The molecule has 0 N–H and O–H groups in total. The molecule has 17 heavy (non-hydrogen) atoms. The lowest BCUT2D eigenvalue weighted by atomic mass is 9.91. The number of benzene rings is 1. The molecule has 1 atom stereocenters. The number of Topliss-reactive ketones (excluding diaryl/α,β-unsaturated/α-hetero) is 1. The van der Waals surface area contributed by atoms with Crippen molar-refractivity contribution in [3.8, 4) is 0 Å². The van der Waals surface area contributed by atoms with Gasteiger partial charge in [-0.2, -0.15) is 5.10 Å². The molecule has 0 saturated carbocycles. The first-order valence-corrected chi connectivity index (χ1v) is 5.81. The molecular formula is C14H16N2O. The van der Waals surface area contributed by atoms with Crippen molar-refractivity contribution in [3.63, 3.8) is 0 Å². The molecule has 3 nitrogen and oxygen atoms in total. The quantitative estimate of drug-likeness (QED) is 0.754. The zero-order valence-electron chi connectivity index (χ0n) is 10.1. The highest BCUT2D eigenvalue weighted by Gasteiger charge is 2.22. The molecule has 1 aromatic heterocycles. The van der Waals surface area contributed by atoms with Crippen LogP contribution in [0.2, 0.25) is 0 Å². The number of carbonyl (C=O) groups excluding carboxylic acids is 1. The van der Waals surface area contributed by atoms with Gasteiger partial charge >= 0.3 is 0 Å². The predicted octanol–water partition coefficient (Wildman–Crippen LogP) is 2.80. The Kier molecular flexibility index (Phi) is 3.38. The summed E-state index contributed by atoms with van der Waals surface area (Å²) >= 11 is 0. The largest absolute Gasteiger partial charge is 0.292 e. The number of ketones is 1. The molecule has 0 radical (unpaired) electrons. The van der Waals surface area contributed by atoms with Gasteiger partial charge in [-0.1, -0.05) is 37.3 Å². The number of aryl methyl sites for hydroxylation is 1. The van der Waals surface area contributed by atoms with Crippen LogP contribution in [0.5, 0.6) is 0 Å². The molecule has 1 unspecified atom stereocenters. The summed E-state index contributed by atoms with van der Waals surface area (Å²) in [5.74, 6) is 0.0605. The van der Waals surface area contributed by atoms with E-state index in [9.17, 15) is 4.79 Å². The van der Waals surface area contributed by atoms with Crippen LogP contribution < -0.4 is 0 Å². The van der Waals surface area contributed by atoms with Crippen LogP contribution in [0.1, 0.15) is 35.3 Å². The second-order valence-corrected chi connectivity index (χ2v) is 4.08. The van der Waals surface area contributed by atoms with Gasteiger partial charge in [0.15, 0.2) is 5.78 Å². The van der Waals surface area contributed by atoms with Crippen molar-refractivity contribution in [3.05, 3.63) is 53.9 Å². The number of rotatable bonds is 4. The fraction of sp³-hybridized carbons (Fsp3) is 0.286. The highest BCUT2D eigenvalue weighted by molar-refractivity contribution is 5.99. The van der Waals surface area contributed by atoms with E-state index in [2.05, 4.69) is 5.10 Å². The van der Waals surface area contributed by atoms with Crippen molar-refractivity contribution in [1.29, 1.82) is 0 Å². The summed E-state index contributed by atoms with van der Waals surface area (Å²) < 4.78 is 1.63. The average molecular weight is 228 g/mol. The molecule has 0 amide bonds. The first kappa shape index (κ1) is 11.6. The van der Waals surface area contributed by atoms with Gasteiger partial charge in [-0.05, 0) is 18.1 Å². The van der Waals surface area contributed by atoms with Crippen molar-refractivity contribution in [2.75, 3.05) is 0 Å². The smallest absolute Gasteiger partial charge is 0.188 e. The number of aromatic nitrogens is 2.